The molecule has 1 atom stereocenters. The van der Waals surface area contributed by atoms with Gasteiger partial charge in [0.1, 0.15) is 17.3 Å². The fourth-order valence-electron chi connectivity index (χ4n) is 4.63. The van der Waals surface area contributed by atoms with Gasteiger partial charge >= 0.3 is 0 Å². The second-order valence-electron chi connectivity index (χ2n) is 8.65. The summed E-state index contributed by atoms with van der Waals surface area (Å²) in [6.07, 6.45) is 5.01. The number of rotatable bonds is 8. The molecule has 0 amide bonds. The lowest BCUT2D eigenvalue weighted by Crippen LogP contribution is -2.40. The molecule has 0 aliphatic carbocycles. The van der Waals surface area contributed by atoms with E-state index in [4.69, 9.17) is 9.15 Å². The number of furan rings is 1. The largest absolute Gasteiger partial charge is 0.465 e. The topological polar surface area (TPSA) is 28.9 Å². The molecule has 0 radical (unpaired) electrons. The van der Waals surface area contributed by atoms with Crippen molar-refractivity contribution in [3.8, 4) is 0 Å². The van der Waals surface area contributed by atoms with Gasteiger partial charge in [0.2, 0.25) is 0 Å². The molecule has 2 saturated heterocycles. The number of aryl methyl sites for hydroxylation is 1. The Labute approximate surface area is 173 Å². The van der Waals surface area contributed by atoms with Crippen LogP contribution in [0.15, 0.2) is 40.8 Å². The van der Waals surface area contributed by atoms with E-state index >= 15 is 0 Å². The Balaban J connectivity index is 1.30. The first-order valence-corrected chi connectivity index (χ1v) is 11.0. The van der Waals surface area contributed by atoms with Crippen LogP contribution in [0.5, 0.6) is 0 Å². The van der Waals surface area contributed by atoms with Crippen molar-refractivity contribution in [3.63, 3.8) is 0 Å². The standard InChI is InChI=1S/C24H33FN2O2/c1-19-8-9-23(29-19)18-27(17-22-6-4-14-28-22)15-20-10-12-26(13-11-20)16-21-5-2-3-7-24(21)25/h2-3,5,7-9,20,22H,4,6,10-18H2,1H3/t22-/m0/s1. The zero-order valence-electron chi connectivity index (χ0n) is 17.5. The SMILES string of the molecule is Cc1ccc(CN(CC2CCN(Cc3ccccc3F)CC2)C[C@@H]2CCCO2)o1. The van der Waals surface area contributed by atoms with Crippen LogP contribution in [0.25, 0.3) is 0 Å². The molecule has 4 rings (SSSR count). The van der Waals surface area contributed by atoms with Gasteiger partial charge in [0.05, 0.1) is 12.6 Å². The first kappa shape index (κ1) is 20.6. The van der Waals surface area contributed by atoms with Crippen molar-refractivity contribution >= 4 is 0 Å². The summed E-state index contributed by atoms with van der Waals surface area (Å²) in [6.45, 7) is 8.58. The Morgan fingerprint density at radius 2 is 1.90 bits per heavy atom. The van der Waals surface area contributed by atoms with Gasteiger partial charge in [0.15, 0.2) is 0 Å². The lowest BCUT2D eigenvalue weighted by atomic mass is 9.95. The summed E-state index contributed by atoms with van der Waals surface area (Å²) in [4.78, 5) is 4.90. The van der Waals surface area contributed by atoms with Crippen molar-refractivity contribution in [2.24, 2.45) is 5.92 Å². The van der Waals surface area contributed by atoms with Crippen molar-refractivity contribution in [1.82, 2.24) is 9.80 Å². The van der Waals surface area contributed by atoms with Crippen molar-refractivity contribution in [3.05, 3.63) is 59.3 Å². The van der Waals surface area contributed by atoms with E-state index in [1.165, 1.54) is 6.42 Å². The Morgan fingerprint density at radius 1 is 1.07 bits per heavy atom. The van der Waals surface area contributed by atoms with Crippen LogP contribution in [-0.4, -0.2) is 48.7 Å². The molecule has 0 unspecified atom stereocenters. The molecule has 2 aliphatic rings. The fourth-order valence-corrected chi connectivity index (χ4v) is 4.63. The Hall–Kier alpha value is -1.69. The highest BCUT2D eigenvalue weighted by atomic mass is 19.1. The summed E-state index contributed by atoms with van der Waals surface area (Å²) in [5.41, 5.74) is 0.805. The molecule has 1 aromatic carbocycles. The van der Waals surface area contributed by atoms with Crippen LogP contribution in [0.2, 0.25) is 0 Å². The number of hydrogen-bond acceptors (Lipinski definition) is 4. The predicted molar refractivity (Wildman–Crippen MR) is 112 cm³/mol. The highest BCUT2D eigenvalue weighted by Crippen LogP contribution is 2.23. The first-order chi connectivity index (χ1) is 14.2. The summed E-state index contributed by atoms with van der Waals surface area (Å²) < 4.78 is 25.7. The normalized spacial score (nSPS) is 21.3. The molecule has 2 aromatic rings. The number of ether oxygens (including phenoxy) is 1. The molecule has 0 N–H and O–H groups in total. The van der Waals surface area contributed by atoms with E-state index in [9.17, 15) is 4.39 Å². The summed E-state index contributed by atoms with van der Waals surface area (Å²) in [5.74, 6) is 2.59. The highest BCUT2D eigenvalue weighted by molar-refractivity contribution is 5.17. The van der Waals surface area contributed by atoms with Crippen LogP contribution < -0.4 is 0 Å². The van der Waals surface area contributed by atoms with Gasteiger partial charge in [-0.2, -0.15) is 0 Å². The molecule has 3 heterocycles. The lowest BCUT2D eigenvalue weighted by molar-refractivity contribution is 0.0543. The Bertz CT molecular complexity index is 764. The summed E-state index contributed by atoms with van der Waals surface area (Å²) >= 11 is 0. The molecule has 4 nitrogen and oxygen atoms in total. The predicted octanol–water partition coefficient (Wildman–Crippen LogP) is 4.62. The average Bonchev–Trinajstić information content (AvgIpc) is 3.37. The second-order valence-corrected chi connectivity index (χ2v) is 8.65. The van der Waals surface area contributed by atoms with Crippen LogP contribution in [-0.2, 0) is 17.8 Å². The van der Waals surface area contributed by atoms with E-state index < -0.39 is 0 Å². The minimum absolute atomic E-state index is 0.0916. The van der Waals surface area contributed by atoms with Gasteiger partial charge < -0.3 is 9.15 Å². The van der Waals surface area contributed by atoms with Gasteiger partial charge in [-0.15, -0.1) is 0 Å². The van der Waals surface area contributed by atoms with Crippen molar-refractivity contribution in [1.29, 1.82) is 0 Å². The van der Waals surface area contributed by atoms with Gasteiger partial charge in [0.25, 0.3) is 0 Å². The quantitative estimate of drug-likeness (QED) is 0.647. The molecule has 2 fully saturated rings. The number of benzene rings is 1. The number of nitrogens with zero attached hydrogens (tertiary/aromatic N) is 2. The van der Waals surface area contributed by atoms with Crippen molar-refractivity contribution in [2.45, 2.75) is 51.8 Å². The van der Waals surface area contributed by atoms with E-state index in [1.807, 2.05) is 25.1 Å². The van der Waals surface area contributed by atoms with Gasteiger partial charge in [-0.05, 0) is 69.8 Å². The molecular weight excluding hydrogens is 367 g/mol. The van der Waals surface area contributed by atoms with Crippen LogP contribution >= 0.6 is 0 Å². The number of piperidine rings is 1. The average molecular weight is 401 g/mol. The molecule has 0 spiro atoms. The highest BCUT2D eigenvalue weighted by Gasteiger charge is 2.25. The van der Waals surface area contributed by atoms with E-state index in [2.05, 4.69) is 15.9 Å². The summed E-state index contributed by atoms with van der Waals surface area (Å²) in [6, 6.07) is 11.3. The van der Waals surface area contributed by atoms with E-state index in [-0.39, 0.29) is 5.82 Å². The number of likely N-dealkylation sites (tertiary alicyclic amines) is 1. The van der Waals surface area contributed by atoms with Crippen molar-refractivity contribution < 1.29 is 13.5 Å². The zero-order chi connectivity index (χ0) is 20.1. The maximum atomic E-state index is 13.9. The fraction of sp³-hybridized carbons (Fsp3) is 0.583. The lowest BCUT2D eigenvalue weighted by Gasteiger charge is -2.35. The molecule has 29 heavy (non-hydrogen) atoms. The third-order valence-electron chi connectivity index (χ3n) is 6.24. The van der Waals surface area contributed by atoms with Gasteiger partial charge in [-0.3, -0.25) is 9.80 Å². The van der Waals surface area contributed by atoms with Gasteiger partial charge in [0, 0.05) is 31.8 Å². The van der Waals surface area contributed by atoms with Gasteiger partial charge in [-0.25, -0.2) is 4.39 Å². The Kier molecular flexibility index (Phi) is 7.01. The summed E-state index contributed by atoms with van der Waals surface area (Å²) in [5, 5.41) is 0. The van der Waals surface area contributed by atoms with Crippen LogP contribution in [0.3, 0.4) is 0 Å². The smallest absolute Gasteiger partial charge is 0.127 e. The first-order valence-electron chi connectivity index (χ1n) is 11.0. The number of halogens is 1. The third kappa shape index (κ3) is 5.91. The minimum atomic E-state index is -0.0916. The van der Waals surface area contributed by atoms with E-state index in [0.717, 1.165) is 75.7 Å². The van der Waals surface area contributed by atoms with Crippen molar-refractivity contribution in [2.75, 3.05) is 32.8 Å². The third-order valence-corrected chi connectivity index (χ3v) is 6.24. The maximum Gasteiger partial charge on any atom is 0.127 e. The summed E-state index contributed by atoms with van der Waals surface area (Å²) in [7, 11) is 0. The minimum Gasteiger partial charge on any atom is -0.465 e. The van der Waals surface area contributed by atoms with Crippen LogP contribution in [0.1, 0.15) is 42.8 Å². The maximum absolute atomic E-state index is 13.9. The molecular formula is C24H33FN2O2. The molecule has 158 valence electrons. The molecule has 0 saturated carbocycles. The zero-order valence-corrected chi connectivity index (χ0v) is 17.5. The molecule has 1 aromatic heterocycles. The molecule has 0 bridgehead atoms. The van der Waals surface area contributed by atoms with Crippen LogP contribution in [0, 0.1) is 18.7 Å². The van der Waals surface area contributed by atoms with Gasteiger partial charge in [-0.1, -0.05) is 18.2 Å². The Morgan fingerprint density at radius 3 is 2.59 bits per heavy atom. The van der Waals surface area contributed by atoms with Crippen LogP contribution in [0.4, 0.5) is 4.39 Å². The van der Waals surface area contributed by atoms with E-state index in [1.54, 1.807) is 12.1 Å². The number of hydrogen-bond donors (Lipinski definition) is 0. The monoisotopic (exact) mass is 400 g/mol. The van der Waals surface area contributed by atoms with E-state index in [0.29, 0.717) is 18.6 Å². The second kappa shape index (κ2) is 9.88. The molecule has 5 heteroatoms. The molecule has 2 aliphatic heterocycles.